The fourth-order valence-electron chi connectivity index (χ4n) is 2.97. The average molecular weight is 301 g/mol. The summed E-state index contributed by atoms with van der Waals surface area (Å²) in [4.78, 5) is 2.48. The lowest BCUT2D eigenvalue weighted by Gasteiger charge is -2.22. The number of rotatable bonds is 4. The Morgan fingerprint density at radius 1 is 1.05 bits per heavy atom. The minimum atomic E-state index is 0.786. The molecule has 3 heteroatoms. The first-order valence-corrected chi connectivity index (χ1v) is 7.95. The molecule has 0 aliphatic carbocycles. The van der Waals surface area contributed by atoms with Crippen LogP contribution in [0.2, 0.25) is 5.02 Å². The van der Waals surface area contributed by atoms with Crippen LogP contribution in [0.15, 0.2) is 42.5 Å². The average Bonchev–Trinajstić information content (AvgIpc) is 3.01. The molecule has 110 valence electrons. The van der Waals surface area contributed by atoms with E-state index in [4.69, 9.17) is 11.6 Å². The van der Waals surface area contributed by atoms with Crippen molar-refractivity contribution in [1.82, 2.24) is 0 Å². The van der Waals surface area contributed by atoms with Gasteiger partial charge in [0.2, 0.25) is 0 Å². The molecule has 0 saturated carbocycles. The monoisotopic (exact) mass is 300 g/mol. The number of para-hydroxylation sites is 2. The van der Waals surface area contributed by atoms with Crippen LogP contribution in [0, 0.1) is 6.92 Å². The Bertz CT molecular complexity index is 598. The fourth-order valence-corrected chi connectivity index (χ4v) is 3.25. The minimum absolute atomic E-state index is 0.786. The van der Waals surface area contributed by atoms with Gasteiger partial charge in [0.1, 0.15) is 0 Å². The standard InChI is InChI=1S/C18H21ClN2/c1-14-7-6-9-16(19)18(14)20-13-15-8-2-3-10-17(15)21-11-4-5-12-21/h2-3,6-10,20H,4-5,11-13H2,1H3. The van der Waals surface area contributed by atoms with E-state index in [9.17, 15) is 0 Å². The number of halogens is 1. The van der Waals surface area contributed by atoms with Crippen LogP contribution >= 0.6 is 11.6 Å². The van der Waals surface area contributed by atoms with E-state index in [-0.39, 0.29) is 0 Å². The summed E-state index contributed by atoms with van der Waals surface area (Å²) < 4.78 is 0. The first-order chi connectivity index (χ1) is 10.3. The van der Waals surface area contributed by atoms with E-state index in [1.807, 2.05) is 12.1 Å². The van der Waals surface area contributed by atoms with Crippen molar-refractivity contribution in [3.8, 4) is 0 Å². The molecule has 0 spiro atoms. The van der Waals surface area contributed by atoms with Gasteiger partial charge in [-0.25, -0.2) is 0 Å². The summed E-state index contributed by atoms with van der Waals surface area (Å²) in [6, 6.07) is 14.7. The fraction of sp³-hybridized carbons (Fsp3) is 0.333. The molecule has 1 fully saturated rings. The molecule has 2 nitrogen and oxygen atoms in total. The summed E-state index contributed by atoms with van der Waals surface area (Å²) in [7, 11) is 0. The molecular formula is C18H21ClN2. The van der Waals surface area contributed by atoms with Crippen LogP contribution in [0.5, 0.6) is 0 Å². The maximum Gasteiger partial charge on any atom is 0.0640 e. The molecule has 0 aromatic heterocycles. The van der Waals surface area contributed by atoms with Crippen LogP contribution in [0.4, 0.5) is 11.4 Å². The number of benzene rings is 2. The Morgan fingerprint density at radius 2 is 1.81 bits per heavy atom. The van der Waals surface area contributed by atoms with Gasteiger partial charge in [0.25, 0.3) is 0 Å². The number of nitrogens with zero attached hydrogens (tertiary/aromatic N) is 1. The molecule has 1 N–H and O–H groups in total. The molecule has 1 aliphatic rings. The zero-order chi connectivity index (χ0) is 14.7. The summed E-state index contributed by atoms with van der Waals surface area (Å²) in [6.07, 6.45) is 2.59. The van der Waals surface area contributed by atoms with Gasteiger partial charge in [0.05, 0.1) is 10.7 Å². The zero-order valence-corrected chi connectivity index (χ0v) is 13.2. The van der Waals surface area contributed by atoms with Crippen LogP contribution in [-0.2, 0) is 6.54 Å². The van der Waals surface area contributed by atoms with E-state index >= 15 is 0 Å². The van der Waals surface area contributed by atoms with Crippen LogP contribution < -0.4 is 10.2 Å². The van der Waals surface area contributed by atoms with Crippen molar-refractivity contribution in [1.29, 1.82) is 0 Å². The summed E-state index contributed by atoms with van der Waals surface area (Å²) in [6.45, 7) is 5.22. The van der Waals surface area contributed by atoms with Crippen molar-refractivity contribution in [3.63, 3.8) is 0 Å². The molecular weight excluding hydrogens is 280 g/mol. The first-order valence-electron chi connectivity index (χ1n) is 7.57. The van der Waals surface area contributed by atoms with E-state index in [0.29, 0.717) is 0 Å². The second-order valence-electron chi connectivity index (χ2n) is 5.61. The van der Waals surface area contributed by atoms with Gasteiger partial charge in [-0.15, -0.1) is 0 Å². The van der Waals surface area contributed by atoms with Crippen molar-refractivity contribution in [2.45, 2.75) is 26.3 Å². The van der Waals surface area contributed by atoms with E-state index in [0.717, 1.165) is 17.3 Å². The van der Waals surface area contributed by atoms with Gasteiger partial charge in [-0.1, -0.05) is 41.9 Å². The quantitative estimate of drug-likeness (QED) is 0.867. The molecule has 0 bridgehead atoms. The maximum absolute atomic E-state index is 6.29. The Labute approximate surface area is 131 Å². The second kappa shape index (κ2) is 6.40. The minimum Gasteiger partial charge on any atom is -0.379 e. The molecule has 0 radical (unpaired) electrons. The van der Waals surface area contributed by atoms with Gasteiger partial charge >= 0.3 is 0 Å². The summed E-state index contributed by atoms with van der Waals surface area (Å²) in [5.41, 5.74) is 4.91. The predicted molar refractivity (Wildman–Crippen MR) is 91.4 cm³/mol. The van der Waals surface area contributed by atoms with Gasteiger partial charge in [-0.05, 0) is 43.0 Å². The maximum atomic E-state index is 6.29. The molecule has 1 aliphatic heterocycles. The number of hydrogen-bond donors (Lipinski definition) is 1. The van der Waals surface area contributed by atoms with Crippen LogP contribution in [0.1, 0.15) is 24.0 Å². The van der Waals surface area contributed by atoms with Crippen molar-refractivity contribution >= 4 is 23.0 Å². The van der Waals surface area contributed by atoms with Gasteiger partial charge < -0.3 is 10.2 Å². The Morgan fingerprint density at radius 3 is 2.57 bits per heavy atom. The Kier molecular flexibility index (Phi) is 4.35. The number of nitrogens with one attached hydrogen (secondary N) is 1. The first kappa shape index (κ1) is 14.3. The van der Waals surface area contributed by atoms with Crippen LogP contribution in [0.3, 0.4) is 0 Å². The lowest BCUT2D eigenvalue weighted by Crippen LogP contribution is -2.20. The van der Waals surface area contributed by atoms with Gasteiger partial charge in [0.15, 0.2) is 0 Å². The molecule has 21 heavy (non-hydrogen) atoms. The van der Waals surface area contributed by atoms with Gasteiger partial charge in [-0.2, -0.15) is 0 Å². The van der Waals surface area contributed by atoms with Crippen LogP contribution in [0.25, 0.3) is 0 Å². The largest absolute Gasteiger partial charge is 0.379 e. The topological polar surface area (TPSA) is 15.3 Å². The smallest absolute Gasteiger partial charge is 0.0640 e. The summed E-state index contributed by atoms with van der Waals surface area (Å²) in [5, 5.41) is 4.29. The third kappa shape index (κ3) is 3.16. The normalized spacial score (nSPS) is 14.5. The highest BCUT2D eigenvalue weighted by Gasteiger charge is 2.15. The van der Waals surface area contributed by atoms with Crippen molar-refractivity contribution < 1.29 is 0 Å². The highest BCUT2D eigenvalue weighted by Crippen LogP contribution is 2.28. The van der Waals surface area contributed by atoms with Gasteiger partial charge in [-0.3, -0.25) is 0 Å². The number of anilines is 2. The molecule has 2 aromatic carbocycles. The third-order valence-corrected chi connectivity index (χ3v) is 4.43. The molecule has 0 amide bonds. The second-order valence-corrected chi connectivity index (χ2v) is 6.02. The molecule has 1 saturated heterocycles. The van der Waals surface area contributed by atoms with E-state index in [2.05, 4.69) is 47.5 Å². The molecule has 0 atom stereocenters. The number of hydrogen-bond acceptors (Lipinski definition) is 2. The number of aryl methyl sites for hydroxylation is 1. The van der Waals surface area contributed by atoms with E-state index in [1.165, 1.54) is 42.7 Å². The third-order valence-electron chi connectivity index (χ3n) is 4.12. The summed E-state index contributed by atoms with van der Waals surface area (Å²) in [5.74, 6) is 0. The molecule has 3 rings (SSSR count). The SMILES string of the molecule is Cc1cccc(Cl)c1NCc1ccccc1N1CCCC1. The zero-order valence-electron chi connectivity index (χ0n) is 12.4. The molecule has 1 heterocycles. The lowest BCUT2D eigenvalue weighted by molar-refractivity contribution is 0.949. The Balaban J connectivity index is 1.79. The highest BCUT2D eigenvalue weighted by atomic mass is 35.5. The molecule has 0 unspecified atom stereocenters. The summed E-state index contributed by atoms with van der Waals surface area (Å²) >= 11 is 6.29. The highest BCUT2D eigenvalue weighted by molar-refractivity contribution is 6.33. The Hall–Kier alpha value is -1.67. The van der Waals surface area contributed by atoms with Crippen molar-refractivity contribution in [2.75, 3.05) is 23.3 Å². The van der Waals surface area contributed by atoms with E-state index < -0.39 is 0 Å². The molecule has 2 aromatic rings. The van der Waals surface area contributed by atoms with Gasteiger partial charge in [0, 0.05) is 25.3 Å². The van der Waals surface area contributed by atoms with Crippen LogP contribution in [-0.4, -0.2) is 13.1 Å². The van der Waals surface area contributed by atoms with Crippen molar-refractivity contribution in [2.24, 2.45) is 0 Å². The predicted octanol–water partition coefficient (Wildman–Crippen LogP) is 4.86. The van der Waals surface area contributed by atoms with E-state index in [1.54, 1.807) is 0 Å². The lowest BCUT2D eigenvalue weighted by atomic mass is 10.1. The van der Waals surface area contributed by atoms with Crippen molar-refractivity contribution in [3.05, 3.63) is 58.6 Å².